The van der Waals surface area contributed by atoms with Crippen LogP contribution in [-0.4, -0.2) is 40.4 Å². The molecule has 11 nitrogen and oxygen atoms in total. The van der Waals surface area contributed by atoms with E-state index in [1.54, 1.807) is 30.3 Å². The molecule has 0 fully saturated rings. The second-order valence-electron chi connectivity index (χ2n) is 9.45. The molecular weight excluding hydrogens is 549 g/mol. The number of hydrogen-bond donors (Lipinski definition) is 4. The molecule has 0 heterocycles. The van der Waals surface area contributed by atoms with Crippen LogP contribution in [-0.2, 0) is 30.9 Å². The summed E-state index contributed by atoms with van der Waals surface area (Å²) in [5, 5.41) is 20.6. The molecule has 2 rings (SSSR count). The van der Waals surface area contributed by atoms with Gasteiger partial charge in [-0.05, 0) is 0 Å². The number of carbonyl (C=O) groups excluding carboxylic acids is 1. The van der Waals surface area contributed by atoms with Gasteiger partial charge in [0.15, 0.2) is 0 Å². The Morgan fingerprint density at radius 1 is 0.927 bits per heavy atom. The van der Waals surface area contributed by atoms with E-state index in [1.165, 1.54) is 0 Å². The van der Waals surface area contributed by atoms with Gasteiger partial charge in [0.2, 0.25) is 0 Å². The molecule has 12 heteroatoms. The Balaban J connectivity index is 2.37. The minimum absolute atomic E-state index is 0.0432. The predicted molar refractivity (Wildman–Crippen MR) is 152 cm³/mol. The molecule has 0 aliphatic heterocycles. The summed E-state index contributed by atoms with van der Waals surface area (Å²) in [6.07, 6.45) is 4.49. The van der Waals surface area contributed by atoms with Gasteiger partial charge in [0.1, 0.15) is 0 Å². The van der Waals surface area contributed by atoms with Gasteiger partial charge in [0, 0.05) is 0 Å². The number of carbonyl (C=O) groups is 1. The first kappa shape index (κ1) is 34.1. The number of benzene rings is 2. The molecule has 2 aromatic carbocycles. The van der Waals surface area contributed by atoms with Gasteiger partial charge in [-0.3, -0.25) is 0 Å². The zero-order valence-corrected chi connectivity index (χ0v) is 24.3. The van der Waals surface area contributed by atoms with Crippen LogP contribution in [0.25, 0.3) is 0 Å². The second-order valence-corrected chi connectivity index (χ2v) is 11.6. The summed E-state index contributed by atoms with van der Waals surface area (Å²) in [4.78, 5) is 44.2. The van der Waals surface area contributed by atoms with Crippen molar-refractivity contribution in [3.8, 4) is 17.9 Å². The normalized spacial score (nSPS) is 13.7. The topological polar surface area (TPSA) is 174 Å². The first-order valence-corrected chi connectivity index (χ1v) is 15.6. The third kappa shape index (κ3) is 12.9. The fourth-order valence-corrected chi connectivity index (χ4v) is 4.76. The standard InChI is InChI=1S/C29H40N3O8P/c1-2-3-4-5-9-17-28(33)32-29(38-20-11-18-30,24-40-41(34,35,36)39-21-12-19-31)26-15-10-16-27(22-26)37-23-25-13-7-6-8-14-25/h6-8,10,13-16,22,34-36H,2-5,9,11-12,17,20-21,23-24H2,1H3,(H,32,33). The summed E-state index contributed by atoms with van der Waals surface area (Å²) in [5.74, 6) is 0.0189. The second kappa shape index (κ2) is 17.0. The molecular formula is C29H40N3O8P. The van der Waals surface area contributed by atoms with Gasteiger partial charge in [-0.1, -0.05) is 0 Å². The van der Waals surface area contributed by atoms with Gasteiger partial charge < -0.3 is 0 Å². The molecule has 0 radical (unpaired) electrons. The number of rotatable bonds is 20. The summed E-state index contributed by atoms with van der Waals surface area (Å²) in [5.41, 5.74) is -0.620. The molecule has 0 saturated carbocycles. The Morgan fingerprint density at radius 3 is 2.34 bits per heavy atom. The van der Waals surface area contributed by atoms with Crippen LogP contribution < -0.4 is 10.1 Å². The van der Waals surface area contributed by atoms with Crippen LogP contribution in [0.1, 0.15) is 69.4 Å². The molecule has 224 valence electrons. The van der Waals surface area contributed by atoms with E-state index >= 15 is 0 Å². The van der Waals surface area contributed by atoms with E-state index in [9.17, 15) is 19.5 Å². The molecule has 0 aromatic heterocycles. The number of nitrogens with one attached hydrogen (secondary N) is 1. The molecule has 1 atom stereocenters. The van der Waals surface area contributed by atoms with E-state index in [4.69, 9.17) is 29.0 Å². The zero-order valence-electron chi connectivity index (χ0n) is 23.4. The monoisotopic (exact) mass is 589 g/mol. The number of amides is 1. The third-order valence-electron chi connectivity index (χ3n) is 5.98. The number of unbranched alkanes of at least 4 members (excludes halogenated alkanes) is 4. The van der Waals surface area contributed by atoms with Crippen LogP contribution in [0.5, 0.6) is 5.75 Å². The maximum absolute atomic E-state index is 13.1. The summed E-state index contributed by atoms with van der Waals surface area (Å²) in [7, 11) is -6.16. The van der Waals surface area contributed by atoms with Crippen molar-refractivity contribution in [1.29, 1.82) is 10.5 Å². The van der Waals surface area contributed by atoms with E-state index in [2.05, 4.69) is 12.2 Å². The SMILES string of the molecule is CCCCCCCC(=O)NC(COP(O)(O)(O)OCCC#N)(OCCC#N)c1cccc(OCc2ccccc2)c1. The van der Waals surface area contributed by atoms with Gasteiger partial charge in [-0.25, -0.2) is 0 Å². The van der Waals surface area contributed by atoms with Crippen LogP contribution >= 0.6 is 7.74 Å². The third-order valence-corrected chi connectivity index (χ3v) is 7.20. The molecule has 0 aliphatic carbocycles. The fraction of sp³-hybridized carbons (Fsp3) is 0.483. The van der Waals surface area contributed by atoms with Crippen LogP contribution in [0.15, 0.2) is 54.6 Å². The first-order valence-electron chi connectivity index (χ1n) is 13.6. The van der Waals surface area contributed by atoms with Gasteiger partial charge in [-0.2, -0.15) is 0 Å². The molecule has 4 N–H and O–H groups in total. The number of hydrogen-bond acceptors (Lipinski definition) is 10. The average Bonchev–Trinajstić information content (AvgIpc) is 2.95. The van der Waals surface area contributed by atoms with E-state index in [1.807, 2.05) is 36.4 Å². The van der Waals surface area contributed by atoms with Crippen LogP contribution in [0.2, 0.25) is 0 Å². The summed E-state index contributed by atoms with van der Waals surface area (Å²) >= 11 is 0. The number of nitrogens with zero attached hydrogens (tertiary/aromatic N) is 2. The Bertz CT molecular complexity index is 1160. The molecule has 0 aliphatic rings. The van der Waals surface area contributed by atoms with E-state index in [0.29, 0.717) is 17.7 Å². The summed E-state index contributed by atoms with van der Waals surface area (Å²) < 4.78 is 21.8. The molecule has 0 saturated heterocycles. The quantitative estimate of drug-likeness (QED) is 0.0947. The van der Waals surface area contributed by atoms with Crippen molar-refractivity contribution in [2.75, 3.05) is 19.8 Å². The number of nitriles is 2. The molecule has 0 spiro atoms. The van der Waals surface area contributed by atoms with E-state index < -0.39 is 32.6 Å². The molecule has 1 amide bonds. The summed E-state index contributed by atoms with van der Waals surface area (Å²) in [6, 6.07) is 19.8. The zero-order chi connectivity index (χ0) is 30.1. The van der Waals surface area contributed by atoms with E-state index in [0.717, 1.165) is 31.2 Å². The van der Waals surface area contributed by atoms with Crippen molar-refractivity contribution in [1.82, 2.24) is 5.32 Å². The van der Waals surface area contributed by atoms with Crippen molar-refractivity contribution in [3.05, 3.63) is 65.7 Å². The van der Waals surface area contributed by atoms with Crippen LogP contribution in [0.4, 0.5) is 0 Å². The Morgan fingerprint density at radius 2 is 1.63 bits per heavy atom. The van der Waals surface area contributed by atoms with Crippen molar-refractivity contribution < 1.29 is 38.0 Å². The molecule has 0 bridgehead atoms. The minimum atomic E-state index is -6.16. The maximum atomic E-state index is 13.1. The average molecular weight is 590 g/mol. The summed E-state index contributed by atoms with van der Waals surface area (Å²) in [6.45, 7) is 0.906. The number of ether oxygens (including phenoxy) is 2. The Labute approximate surface area is 241 Å². The molecule has 1 unspecified atom stereocenters. The van der Waals surface area contributed by atoms with Gasteiger partial charge in [0.05, 0.1) is 0 Å². The van der Waals surface area contributed by atoms with Gasteiger partial charge in [0.25, 0.3) is 0 Å². The van der Waals surface area contributed by atoms with E-state index in [-0.39, 0.29) is 32.5 Å². The van der Waals surface area contributed by atoms with Crippen LogP contribution in [0, 0.1) is 22.7 Å². The van der Waals surface area contributed by atoms with Crippen LogP contribution in [0.3, 0.4) is 0 Å². The van der Waals surface area contributed by atoms with Crippen molar-refractivity contribution in [3.63, 3.8) is 0 Å². The van der Waals surface area contributed by atoms with Gasteiger partial charge >= 0.3 is 242 Å². The van der Waals surface area contributed by atoms with Gasteiger partial charge in [-0.15, -0.1) is 0 Å². The fourth-order valence-electron chi connectivity index (χ4n) is 3.87. The van der Waals surface area contributed by atoms with Crippen molar-refractivity contribution >= 4 is 13.6 Å². The first-order chi connectivity index (χ1) is 19.6. The molecule has 41 heavy (non-hydrogen) atoms. The Hall–Kier alpha value is -3.12. The molecule has 2 aromatic rings. The predicted octanol–water partition coefficient (Wildman–Crippen LogP) is 4.88. The Kier molecular flexibility index (Phi) is 14.1. The van der Waals surface area contributed by atoms with Crippen molar-refractivity contribution in [2.24, 2.45) is 0 Å². The van der Waals surface area contributed by atoms with Crippen molar-refractivity contribution in [2.45, 2.75) is 70.6 Å².